The Kier molecular flexibility index (Phi) is 4.61. The normalized spacial score (nSPS) is 10.5. The number of carbonyl (C=O) groups is 1. The molecule has 116 valence electrons. The van der Waals surface area contributed by atoms with Gasteiger partial charge in [0.25, 0.3) is 5.69 Å². The average Bonchev–Trinajstić information content (AvgIpc) is 2.78. The van der Waals surface area contributed by atoms with Crippen LogP contribution in [-0.4, -0.2) is 31.5 Å². The Balaban J connectivity index is 2.02. The Morgan fingerprint density at radius 2 is 2.18 bits per heavy atom. The number of nitro benzene ring substituents is 1. The van der Waals surface area contributed by atoms with E-state index in [9.17, 15) is 14.9 Å². The van der Waals surface area contributed by atoms with Gasteiger partial charge in [0.05, 0.1) is 21.9 Å². The number of aryl methyl sites for hydroxylation is 1. The van der Waals surface area contributed by atoms with E-state index in [2.05, 4.69) is 15.5 Å². The van der Waals surface area contributed by atoms with Crippen molar-refractivity contribution in [2.45, 2.75) is 19.0 Å². The number of carbonyl (C=O) groups excluding carboxylic acids is 1. The van der Waals surface area contributed by atoms with Crippen molar-refractivity contribution in [1.29, 1.82) is 0 Å². The Morgan fingerprint density at radius 3 is 2.77 bits per heavy atom. The van der Waals surface area contributed by atoms with Crippen LogP contribution >= 0.6 is 11.8 Å². The highest BCUT2D eigenvalue weighted by molar-refractivity contribution is 7.99. The number of amides is 1. The highest BCUT2D eigenvalue weighted by Crippen LogP contribution is 2.25. The summed E-state index contributed by atoms with van der Waals surface area (Å²) in [5.74, 6) is 5.98. The van der Waals surface area contributed by atoms with E-state index >= 15 is 0 Å². The minimum absolute atomic E-state index is 0.0391. The van der Waals surface area contributed by atoms with Crippen molar-refractivity contribution in [2.75, 3.05) is 16.9 Å². The van der Waals surface area contributed by atoms with Crippen LogP contribution in [0.3, 0.4) is 0 Å². The minimum atomic E-state index is -0.487. The van der Waals surface area contributed by atoms with Gasteiger partial charge in [0.2, 0.25) is 11.1 Å². The zero-order valence-corrected chi connectivity index (χ0v) is 12.8. The summed E-state index contributed by atoms with van der Waals surface area (Å²) in [5.41, 5.74) is 0.775. The van der Waals surface area contributed by atoms with E-state index in [0.717, 1.165) is 11.8 Å². The molecule has 2 rings (SSSR count). The number of thioether (sulfide) groups is 1. The van der Waals surface area contributed by atoms with Gasteiger partial charge in [-0.25, -0.2) is 4.68 Å². The lowest BCUT2D eigenvalue weighted by Crippen LogP contribution is -2.17. The van der Waals surface area contributed by atoms with Crippen LogP contribution in [-0.2, 0) is 4.79 Å². The summed E-state index contributed by atoms with van der Waals surface area (Å²) in [6.45, 7) is 3.28. The Morgan fingerprint density at radius 1 is 1.45 bits per heavy atom. The number of aromatic nitrogens is 3. The number of nitrogens with one attached hydrogen (secondary N) is 1. The lowest BCUT2D eigenvalue weighted by Gasteiger charge is -2.08. The molecule has 0 saturated heterocycles. The molecule has 10 heteroatoms. The number of benzene rings is 1. The number of nitrogens with two attached hydrogens (primary N) is 1. The van der Waals surface area contributed by atoms with Crippen molar-refractivity contribution in [3.05, 3.63) is 39.7 Å². The lowest BCUT2D eigenvalue weighted by molar-refractivity contribution is -0.385. The standard InChI is InChI=1S/C12H14N6O3S/c1-7-9(4-3-5-10(7)18(20)21)14-11(19)6-22-12-16-15-8(2)17(12)13/h3-5H,6,13H2,1-2H3,(H,14,19). The second-order valence-electron chi connectivity index (χ2n) is 4.44. The molecular formula is C12H14N6O3S. The SMILES string of the molecule is Cc1c(NC(=O)CSc2nnc(C)n2N)cccc1[N+](=O)[O-]. The van der Waals surface area contributed by atoms with E-state index in [1.54, 1.807) is 19.9 Å². The number of rotatable bonds is 5. The Labute approximate surface area is 130 Å². The highest BCUT2D eigenvalue weighted by Gasteiger charge is 2.15. The summed E-state index contributed by atoms with van der Waals surface area (Å²) in [6, 6.07) is 4.52. The fourth-order valence-corrected chi connectivity index (χ4v) is 2.42. The van der Waals surface area contributed by atoms with Gasteiger partial charge in [-0.2, -0.15) is 0 Å². The first-order valence-electron chi connectivity index (χ1n) is 6.24. The third kappa shape index (κ3) is 3.34. The van der Waals surface area contributed by atoms with E-state index in [0.29, 0.717) is 22.2 Å². The van der Waals surface area contributed by atoms with Crippen molar-refractivity contribution < 1.29 is 9.72 Å². The van der Waals surface area contributed by atoms with Gasteiger partial charge in [-0.1, -0.05) is 17.8 Å². The fraction of sp³-hybridized carbons (Fsp3) is 0.250. The molecule has 1 amide bonds. The molecule has 2 aromatic rings. The maximum Gasteiger partial charge on any atom is 0.274 e. The number of anilines is 1. The number of nitrogens with zero attached hydrogens (tertiary/aromatic N) is 4. The monoisotopic (exact) mass is 322 g/mol. The molecule has 0 bridgehead atoms. The average molecular weight is 322 g/mol. The fourth-order valence-electron chi connectivity index (χ4n) is 1.72. The van der Waals surface area contributed by atoms with Crippen LogP contribution in [0, 0.1) is 24.0 Å². The predicted molar refractivity (Wildman–Crippen MR) is 82.1 cm³/mol. The Bertz CT molecular complexity index is 730. The van der Waals surface area contributed by atoms with Crippen LogP contribution in [0.25, 0.3) is 0 Å². The Hall–Kier alpha value is -2.62. The van der Waals surface area contributed by atoms with Gasteiger partial charge in [-0.15, -0.1) is 10.2 Å². The second-order valence-corrected chi connectivity index (χ2v) is 5.39. The molecule has 22 heavy (non-hydrogen) atoms. The van der Waals surface area contributed by atoms with Crippen LogP contribution in [0.15, 0.2) is 23.4 Å². The molecule has 3 N–H and O–H groups in total. The minimum Gasteiger partial charge on any atom is -0.336 e. The molecule has 1 aromatic carbocycles. The largest absolute Gasteiger partial charge is 0.336 e. The summed E-state index contributed by atoms with van der Waals surface area (Å²) in [6.07, 6.45) is 0. The smallest absolute Gasteiger partial charge is 0.274 e. The van der Waals surface area contributed by atoms with Crippen molar-refractivity contribution in [2.24, 2.45) is 0 Å². The third-order valence-corrected chi connectivity index (χ3v) is 3.89. The molecule has 0 aliphatic heterocycles. The summed E-state index contributed by atoms with van der Waals surface area (Å²) in [4.78, 5) is 22.3. The van der Waals surface area contributed by atoms with Crippen molar-refractivity contribution in [3.8, 4) is 0 Å². The van der Waals surface area contributed by atoms with Gasteiger partial charge in [0.1, 0.15) is 5.82 Å². The molecule has 0 spiro atoms. The molecule has 0 saturated carbocycles. The van der Waals surface area contributed by atoms with Crippen molar-refractivity contribution >= 4 is 29.0 Å². The van der Waals surface area contributed by atoms with Crippen LogP contribution in [0.5, 0.6) is 0 Å². The molecule has 0 unspecified atom stereocenters. The maximum absolute atomic E-state index is 11.9. The molecule has 1 heterocycles. The highest BCUT2D eigenvalue weighted by atomic mass is 32.2. The predicted octanol–water partition coefficient (Wildman–Crippen LogP) is 1.25. The van der Waals surface area contributed by atoms with Gasteiger partial charge in [-0.3, -0.25) is 14.9 Å². The van der Waals surface area contributed by atoms with E-state index in [1.165, 1.54) is 16.8 Å². The molecule has 0 radical (unpaired) electrons. The maximum atomic E-state index is 11.9. The molecule has 0 aliphatic rings. The molecule has 0 atom stereocenters. The van der Waals surface area contributed by atoms with Gasteiger partial charge in [0, 0.05) is 6.07 Å². The summed E-state index contributed by atoms with van der Waals surface area (Å²) >= 11 is 1.13. The number of nitro groups is 1. The van der Waals surface area contributed by atoms with E-state index in [-0.39, 0.29) is 17.3 Å². The molecule has 1 aromatic heterocycles. The summed E-state index contributed by atoms with van der Waals surface area (Å²) in [5, 5.41) is 21.5. The number of nitrogen functional groups attached to an aromatic ring is 1. The first kappa shape index (κ1) is 15.8. The van der Waals surface area contributed by atoms with Crippen LogP contribution in [0.4, 0.5) is 11.4 Å². The van der Waals surface area contributed by atoms with Crippen molar-refractivity contribution in [1.82, 2.24) is 14.9 Å². The van der Waals surface area contributed by atoms with Crippen molar-refractivity contribution in [3.63, 3.8) is 0 Å². The number of hydrogen-bond acceptors (Lipinski definition) is 7. The van der Waals surface area contributed by atoms with E-state index < -0.39 is 4.92 Å². The van der Waals surface area contributed by atoms with E-state index in [1.807, 2.05) is 0 Å². The topological polar surface area (TPSA) is 129 Å². The van der Waals surface area contributed by atoms with Crippen LogP contribution in [0.2, 0.25) is 0 Å². The molecular weight excluding hydrogens is 308 g/mol. The summed E-state index contributed by atoms with van der Waals surface area (Å²) < 4.78 is 1.29. The van der Waals surface area contributed by atoms with E-state index in [4.69, 9.17) is 5.84 Å². The van der Waals surface area contributed by atoms with Crippen LogP contribution < -0.4 is 11.2 Å². The van der Waals surface area contributed by atoms with Gasteiger partial charge in [0.15, 0.2) is 0 Å². The zero-order valence-electron chi connectivity index (χ0n) is 11.9. The first-order chi connectivity index (χ1) is 10.4. The van der Waals surface area contributed by atoms with Gasteiger partial charge >= 0.3 is 0 Å². The zero-order chi connectivity index (χ0) is 16.3. The third-order valence-electron chi connectivity index (χ3n) is 2.94. The molecule has 0 fully saturated rings. The molecule has 9 nitrogen and oxygen atoms in total. The number of hydrogen-bond donors (Lipinski definition) is 2. The quantitative estimate of drug-likeness (QED) is 0.367. The first-order valence-corrected chi connectivity index (χ1v) is 7.22. The molecule has 0 aliphatic carbocycles. The second kappa shape index (κ2) is 6.43. The van der Waals surface area contributed by atoms with Gasteiger partial charge < -0.3 is 11.2 Å². The van der Waals surface area contributed by atoms with Crippen LogP contribution in [0.1, 0.15) is 11.4 Å². The lowest BCUT2D eigenvalue weighted by atomic mass is 10.1. The summed E-state index contributed by atoms with van der Waals surface area (Å²) in [7, 11) is 0. The van der Waals surface area contributed by atoms with Gasteiger partial charge in [-0.05, 0) is 19.9 Å².